The second-order valence-electron chi connectivity index (χ2n) is 8.07. The minimum absolute atomic E-state index is 0.0926. The fraction of sp³-hybridized carbons (Fsp3) is 0.360. The summed E-state index contributed by atoms with van der Waals surface area (Å²) in [6.07, 6.45) is 1.02. The van der Waals surface area contributed by atoms with Crippen molar-refractivity contribution >= 4 is 11.3 Å². The molecule has 0 radical (unpaired) electrons. The maximum Gasteiger partial charge on any atom is 0.165 e. The summed E-state index contributed by atoms with van der Waals surface area (Å²) >= 11 is 1.75. The maximum atomic E-state index is 6.41. The van der Waals surface area contributed by atoms with E-state index in [-0.39, 0.29) is 6.10 Å². The van der Waals surface area contributed by atoms with E-state index in [2.05, 4.69) is 65.0 Å². The number of benzene rings is 2. The normalized spacial score (nSPS) is 19.2. The largest absolute Gasteiger partial charge is 0.488 e. The van der Waals surface area contributed by atoms with Gasteiger partial charge in [0.1, 0.15) is 12.7 Å². The Kier molecular flexibility index (Phi) is 5.75. The minimum Gasteiger partial charge on any atom is -0.488 e. The summed E-state index contributed by atoms with van der Waals surface area (Å²) in [5, 5.41) is 4.37. The molecule has 1 atom stereocenters. The third kappa shape index (κ3) is 4.24. The molecule has 0 amide bonds. The van der Waals surface area contributed by atoms with Gasteiger partial charge in [-0.25, -0.2) is 0 Å². The molecule has 0 aliphatic carbocycles. The molecule has 0 saturated carbocycles. The van der Waals surface area contributed by atoms with Crippen LogP contribution in [-0.2, 0) is 17.8 Å². The quantitative estimate of drug-likeness (QED) is 0.560. The van der Waals surface area contributed by atoms with E-state index < -0.39 is 0 Å². The number of aryl methyl sites for hydroxylation is 1. The zero-order chi connectivity index (χ0) is 20.3. The van der Waals surface area contributed by atoms with Crippen LogP contribution in [0.5, 0.6) is 11.5 Å². The van der Waals surface area contributed by atoms with Gasteiger partial charge in [-0.05, 0) is 58.1 Å². The van der Waals surface area contributed by atoms with E-state index in [0.717, 1.165) is 44.2 Å². The van der Waals surface area contributed by atoms with Crippen LogP contribution in [0.4, 0.5) is 0 Å². The van der Waals surface area contributed by atoms with Crippen LogP contribution in [0.2, 0.25) is 0 Å². The molecule has 5 heteroatoms. The lowest BCUT2D eigenvalue weighted by Gasteiger charge is -2.21. The van der Waals surface area contributed by atoms with Crippen molar-refractivity contribution in [1.82, 2.24) is 4.90 Å². The fourth-order valence-corrected chi connectivity index (χ4v) is 4.90. The number of nitrogens with zero attached hydrogens (tertiary/aromatic N) is 1. The maximum absolute atomic E-state index is 6.41. The molecule has 3 aromatic rings. The van der Waals surface area contributed by atoms with Crippen molar-refractivity contribution in [3.63, 3.8) is 0 Å². The van der Waals surface area contributed by atoms with Crippen molar-refractivity contribution in [3.8, 4) is 22.6 Å². The Labute approximate surface area is 182 Å². The summed E-state index contributed by atoms with van der Waals surface area (Å²) in [6, 6.07) is 15.2. The van der Waals surface area contributed by atoms with Gasteiger partial charge in [0.15, 0.2) is 11.5 Å². The Morgan fingerprint density at radius 1 is 1.17 bits per heavy atom. The molecule has 1 saturated heterocycles. The SMILES string of the molecule is Cc1ccccc1-c1cc2c(c(O[C@@H]3CCOC3)c1)OCCN(Cc1ccsc1)C2. The Bertz CT molecular complexity index is 996. The van der Waals surface area contributed by atoms with Gasteiger partial charge in [0, 0.05) is 31.6 Å². The molecule has 2 aromatic carbocycles. The minimum atomic E-state index is 0.0926. The highest BCUT2D eigenvalue weighted by Gasteiger charge is 2.25. The molecule has 0 bridgehead atoms. The number of fused-ring (bicyclic) bond motifs is 1. The molecular formula is C25H27NO3S. The lowest BCUT2D eigenvalue weighted by molar-refractivity contribution is 0.137. The van der Waals surface area contributed by atoms with Gasteiger partial charge in [0.05, 0.1) is 13.2 Å². The zero-order valence-corrected chi connectivity index (χ0v) is 18.1. The lowest BCUT2D eigenvalue weighted by Crippen LogP contribution is -2.24. The topological polar surface area (TPSA) is 30.9 Å². The number of hydrogen-bond acceptors (Lipinski definition) is 5. The Morgan fingerprint density at radius 3 is 2.90 bits per heavy atom. The fourth-order valence-electron chi connectivity index (χ4n) is 4.24. The first-order chi connectivity index (χ1) is 14.8. The molecule has 1 fully saturated rings. The lowest BCUT2D eigenvalue weighted by atomic mass is 9.97. The van der Waals surface area contributed by atoms with Gasteiger partial charge in [-0.15, -0.1) is 0 Å². The van der Waals surface area contributed by atoms with E-state index in [1.165, 1.54) is 27.8 Å². The predicted molar refractivity (Wildman–Crippen MR) is 120 cm³/mol. The van der Waals surface area contributed by atoms with Crippen LogP contribution >= 0.6 is 11.3 Å². The van der Waals surface area contributed by atoms with Crippen LogP contribution in [0.3, 0.4) is 0 Å². The van der Waals surface area contributed by atoms with Crippen LogP contribution in [0, 0.1) is 6.92 Å². The smallest absolute Gasteiger partial charge is 0.165 e. The molecule has 0 spiro atoms. The summed E-state index contributed by atoms with van der Waals surface area (Å²) < 4.78 is 18.2. The highest BCUT2D eigenvalue weighted by Crippen LogP contribution is 2.40. The summed E-state index contributed by atoms with van der Waals surface area (Å²) in [5.41, 5.74) is 6.23. The highest BCUT2D eigenvalue weighted by molar-refractivity contribution is 7.07. The molecule has 30 heavy (non-hydrogen) atoms. The number of thiophene rings is 1. The summed E-state index contributed by atoms with van der Waals surface area (Å²) in [5.74, 6) is 1.74. The first-order valence-corrected chi connectivity index (χ1v) is 11.5. The molecular weight excluding hydrogens is 394 g/mol. The van der Waals surface area contributed by atoms with Gasteiger partial charge in [0.2, 0.25) is 0 Å². The average molecular weight is 422 g/mol. The number of rotatable bonds is 5. The van der Waals surface area contributed by atoms with Crippen molar-refractivity contribution in [2.45, 2.75) is 32.5 Å². The van der Waals surface area contributed by atoms with Crippen molar-refractivity contribution in [2.24, 2.45) is 0 Å². The van der Waals surface area contributed by atoms with Crippen LogP contribution in [0.1, 0.15) is 23.1 Å². The number of ether oxygens (including phenoxy) is 3. The van der Waals surface area contributed by atoms with Crippen LogP contribution in [-0.4, -0.2) is 37.4 Å². The van der Waals surface area contributed by atoms with E-state index in [1.807, 2.05) is 0 Å². The zero-order valence-electron chi connectivity index (χ0n) is 17.3. The van der Waals surface area contributed by atoms with Crippen molar-refractivity contribution in [1.29, 1.82) is 0 Å². The third-order valence-electron chi connectivity index (χ3n) is 5.80. The van der Waals surface area contributed by atoms with E-state index in [4.69, 9.17) is 14.2 Å². The second kappa shape index (κ2) is 8.80. The molecule has 5 rings (SSSR count). The molecule has 3 heterocycles. The molecule has 0 unspecified atom stereocenters. The second-order valence-corrected chi connectivity index (χ2v) is 8.85. The van der Waals surface area contributed by atoms with Gasteiger partial charge in [-0.1, -0.05) is 24.3 Å². The first kappa shape index (κ1) is 19.6. The highest BCUT2D eigenvalue weighted by atomic mass is 32.1. The number of hydrogen-bond donors (Lipinski definition) is 0. The van der Waals surface area contributed by atoms with Crippen molar-refractivity contribution in [3.05, 3.63) is 69.9 Å². The van der Waals surface area contributed by atoms with E-state index in [9.17, 15) is 0 Å². The summed E-state index contributed by atoms with van der Waals surface area (Å²) in [4.78, 5) is 2.46. The molecule has 1 aromatic heterocycles. The standard InChI is InChI=1S/C25H27NO3S/c1-18-4-2-3-5-23(18)20-12-21-15-26(14-19-7-11-30-17-19)8-10-28-25(21)24(13-20)29-22-6-9-27-16-22/h2-5,7,11-13,17,22H,6,8-10,14-16H2,1H3/t22-/m1/s1. The van der Waals surface area contributed by atoms with E-state index in [1.54, 1.807) is 11.3 Å². The molecule has 156 valence electrons. The van der Waals surface area contributed by atoms with Gasteiger partial charge in [0.25, 0.3) is 0 Å². The van der Waals surface area contributed by atoms with Crippen LogP contribution in [0.25, 0.3) is 11.1 Å². The van der Waals surface area contributed by atoms with Gasteiger partial charge < -0.3 is 14.2 Å². The van der Waals surface area contributed by atoms with E-state index >= 15 is 0 Å². The molecule has 0 N–H and O–H groups in total. The average Bonchev–Trinajstić information content (AvgIpc) is 3.40. The Balaban J connectivity index is 1.52. The van der Waals surface area contributed by atoms with Crippen LogP contribution in [0.15, 0.2) is 53.2 Å². The Morgan fingerprint density at radius 2 is 2.10 bits per heavy atom. The van der Waals surface area contributed by atoms with E-state index in [0.29, 0.717) is 13.2 Å². The molecule has 2 aliphatic rings. The van der Waals surface area contributed by atoms with Gasteiger partial charge in [-0.3, -0.25) is 4.90 Å². The van der Waals surface area contributed by atoms with Gasteiger partial charge in [-0.2, -0.15) is 11.3 Å². The third-order valence-corrected chi connectivity index (χ3v) is 6.54. The monoisotopic (exact) mass is 421 g/mol. The van der Waals surface area contributed by atoms with Crippen molar-refractivity contribution < 1.29 is 14.2 Å². The van der Waals surface area contributed by atoms with Crippen molar-refractivity contribution in [2.75, 3.05) is 26.4 Å². The van der Waals surface area contributed by atoms with Crippen LogP contribution < -0.4 is 9.47 Å². The van der Waals surface area contributed by atoms with Gasteiger partial charge >= 0.3 is 0 Å². The summed E-state index contributed by atoms with van der Waals surface area (Å²) in [6.45, 7) is 6.92. The molecule has 2 aliphatic heterocycles. The summed E-state index contributed by atoms with van der Waals surface area (Å²) in [7, 11) is 0. The molecule has 4 nitrogen and oxygen atoms in total. The first-order valence-electron chi connectivity index (χ1n) is 10.6. The predicted octanol–water partition coefficient (Wildman–Crippen LogP) is 5.29. The Hall–Kier alpha value is -2.34.